The number of fused-ring (bicyclic) bond motifs is 1. The van der Waals surface area contributed by atoms with Crippen molar-refractivity contribution in [3.05, 3.63) is 41.5 Å². The van der Waals surface area contributed by atoms with E-state index in [1.165, 1.54) is 0 Å². The van der Waals surface area contributed by atoms with Gasteiger partial charge in [0, 0.05) is 23.1 Å². The highest BCUT2D eigenvalue weighted by Gasteiger charge is 2.33. The summed E-state index contributed by atoms with van der Waals surface area (Å²) in [6.07, 6.45) is 0.876. The van der Waals surface area contributed by atoms with E-state index in [0.717, 1.165) is 35.1 Å². The van der Waals surface area contributed by atoms with Crippen LogP contribution in [0.1, 0.15) is 35.5 Å². The zero-order valence-corrected chi connectivity index (χ0v) is 12.4. The van der Waals surface area contributed by atoms with Crippen LogP contribution in [-0.2, 0) is 0 Å². The lowest BCUT2D eigenvalue weighted by Crippen LogP contribution is -2.26. The Morgan fingerprint density at radius 3 is 3.00 bits per heavy atom. The van der Waals surface area contributed by atoms with E-state index in [1.54, 1.807) is 0 Å². The van der Waals surface area contributed by atoms with Crippen LogP contribution in [0.25, 0.3) is 0 Å². The van der Waals surface area contributed by atoms with Crippen molar-refractivity contribution in [3.8, 4) is 5.75 Å². The molecule has 0 radical (unpaired) electrons. The Morgan fingerprint density at radius 1 is 1.24 bits per heavy atom. The summed E-state index contributed by atoms with van der Waals surface area (Å²) in [7, 11) is 0. The largest absolute Gasteiger partial charge is 0.493 e. The Bertz CT molecular complexity index is 645. The van der Waals surface area contributed by atoms with Gasteiger partial charge in [0.1, 0.15) is 5.75 Å². The molecule has 0 spiro atoms. The molecule has 5 nitrogen and oxygen atoms in total. The SMILES string of the molecule is NC1CSCC1c1nc(C2CCOc3ccccc32)no1. The normalized spacial score (nSPS) is 28.1. The first kappa shape index (κ1) is 13.2. The number of ether oxygens (including phenoxy) is 1. The minimum atomic E-state index is 0.116. The van der Waals surface area contributed by atoms with Gasteiger partial charge >= 0.3 is 0 Å². The lowest BCUT2D eigenvalue weighted by Gasteiger charge is -2.23. The minimum Gasteiger partial charge on any atom is -0.493 e. The Balaban J connectivity index is 1.65. The molecule has 4 rings (SSSR count). The van der Waals surface area contributed by atoms with Crippen molar-refractivity contribution in [2.75, 3.05) is 18.1 Å². The average molecular weight is 303 g/mol. The molecule has 1 saturated heterocycles. The predicted molar refractivity (Wildman–Crippen MR) is 80.7 cm³/mol. The standard InChI is InChI=1S/C15H17N3O2S/c16-12-8-21-7-11(12)15-17-14(18-20-15)10-5-6-19-13-4-2-1-3-9(10)13/h1-4,10-12H,5-8,16H2. The van der Waals surface area contributed by atoms with Crippen molar-refractivity contribution in [2.45, 2.75) is 24.3 Å². The van der Waals surface area contributed by atoms with E-state index in [1.807, 2.05) is 30.0 Å². The summed E-state index contributed by atoms with van der Waals surface area (Å²) >= 11 is 1.85. The summed E-state index contributed by atoms with van der Waals surface area (Å²) < 4.78 is 11.2. The third-order valence-electron chi connectivity index (χ3n) is 4.17. The van der Waals surface area contributed by atoms with Crippen LogP contribution in [0.4, 0.5) is 0 Å². The molecule has 110 valence electrons. The van der Waals surface area contributed by atoms with E-state index in [0.29, 0.717) is 12.5 Å². The molecule has 0 amide bonds. The van der Waals surface area contributed by atoms with Crippen LogP contribution in [0.3, 0.4) is 0 Å². The van der Waals surface area contributed by atoms with E-state index in [2.05, 4.69) is 16.2 Å². The van der Waals surface area contributed by atoms with Crippen molar-refractivity contribution < 1.29 is 9.26 Å². The zero-order chi connectivity index (χ0) is 14.2. The van der Waals surface area contributed by atoms with Gasteiger partial charge in [-0.2, -0.15) is 16.7 Å². The Morgan fingerprint density at radius 2 is 2.14 bits per heavy atom. The van der Waals surface area contributed by atoms with Gasteiger partial charge in [-0.3, -0.25) is 0 Å². The number of rotatable bonds is 2. The van der Waals surface area contributed by atoms with Gasteiger partial charge in [-0.1, -0.05) is 23.4 Å². The average Bonchev–Trinajstić information content (AvgIpc) is 3.15. The second-order valence-electron chi connectivity index (χ2n) is 5.53. The minimum absolute atomic E-state index is 0.116. The van der Waals surface area contributed by atoms with Crippen LogP contribution in [-0.4, -0.2) is 34.3 Å². The molecule has 1 aromatic heterocycles. The summed E-state index contributed by atoms with van der Waals surface area (Å²) in [4.78, 5) is 4.64. The quantitative estimate of drug-likeness (QED) is 0.916. The zero-order valence-electron chi connectivity index (χ0n) is 11.6. The summed E-state index contributed by atoms with van der Waals surface area (Å²) in [5, 5.41) is 4.21. The fraction of sp³-hybridized carbons (Fsp3) is 0.467. The fourth-order valence-electron chi connectivity index (χ4n) is 2.97. The first-order chi connectivity index (χ1) is 10.3. The number of aromatic nitrogens is 2. The van der Waals surface area contributed by atoms with E-state index in [9.17, 15) is 0 Å². The molecule has 2 aliphatic heterocycles. The highest BCUT2D eigenvalue weighted by atomic mass is 32.2. The maximum absolute atomic E-state index is 6.11. The van der Waals surface area contributed by atoms with Crippen LogP contribution < -0.4 is 10.5 Å². The van der Waals surface area contributed by atoms with Gasteiger partial charge in [0.05, 0.1) is 18.4 Å². The van der Waals surface area contributed by atoms with Crippen LogP contribution in [0.5, 0.6) is 5.75 Å². The van der Waals surface area contributed by atoms with Gasteiger partial charge in [-0.25, -0.2) is 0 Å². The first-order valence-corrected chi connectivity index (χ1v) is 8.37. The number of benzene rings is 1. The molecule has 0 bridgehead atoms. The number of hydrogen-bond acceptors (Lipinski definition) is 6. The molecule has 2 aliphatic rings. The Kier molecular flexibility index (Phi) is 3.35. The van der Waals surface area contributed by atoms with Gasteiger partial charge in [-0.05, 0) is 12.5 Å². The second-order valence-corrected chi connectivity index (χ2v) is 6.60. The molecule has 2 N–H and O–H groups in total. The maximum atomic E-state index is 6.11. The first-order valence-electron chi connectivity index (χ1n) is 7.21. The second kappa shape index (κ2) is 5.35. The molecular weight excluding hydrogens is 286 g/mol. The predicted octanol–water partition coefficient (Wildman–Crippen LogP) is 2.14. The van der Waals surface area contributed by atoms with Gasteiger partial charge < -0.3 is 15.0 Å². The molecule has 2 aromatic rings. The maximum Gasteiger partial charge on any atom is 0.232 e. The van der Waals surface area contributed by atoms with Gasteiger partial charge in [0.2, 0.25) is 5.89 Å². The molecule has 6 heteroatoms. The number of para-hydroxylation sites is 1. The smallest absolute Gasteiger partial charge is 0.232 e. The van der Waals surface area contributed by atoms with Gasteiger partial charge in [0.25, 0.3) is 0 Å². The molecule has 21 heavy (non-hydrogen) atoms. The summed E-state index contributed by atoms with van der Waals surface area (Å²) in [6, 6.07) is 8.19. The van der Waals surface area contributed by atoms with Crippen LogP contribution in [0, 0.1) is 0 Å². The van der Waals surface area contributed by atoms with Crippen molar-refractivity contribution in [1.82, 2.24) is 10.1 Å². The topological polar surface area (TPSA) is 74.2 Å². The van der Waals surface area contributed by atoms with Crippen molar-refractivity contribution in [1.29, 1.82) is 0 Å². The summed E-state index contributed by atoms with van der Waals surface area (Å²) in [5.41, 5.74) is 7.25. The molecule has 1 fully saturated rings. The number of thioether (sulfide) groups is 1. The van der Waals surface area contributed by atoms with Crippen molar-refractivity contribution in [3.63, 3.8) is 0 Å². The van der Waals surface area contributed by atoms with Gasteiger partial charge in [0.15, 0.2) is 5.82 Å². The van der Waals surface area contributed by atoms with E-state index < -0.39 is 0 Å². The Hall–Kier alpha value is -1.53. The molecular formula is C15H17N3O2S. The highest BCUT2D eigenvalue weighted by Crippen LogP contribution is 2.38. The number of nitrogens with two attached hydrogens (primary N) is 1. The highest BCUT2D eigenvalue weighted by molar-refractivity contribution is 7.99. The lowest BCUT2D eigenvalue weighted by atomic mass is 9.92. The third-order valence-corrected chi connectivity index (χ3v) is 5.38. The third kappa shape index (κ3) is 2.32. The molecule has 3 atom stereocenters. The van der Waals surface area contributed by atoms with Crippen molar-refractivity contribution in [2.24, 2.45) is 5.73 Å². The summed E-state index contributed by atoms with van der Waals surface area (Å²) in [6.45, 7) is 0.685. The van der Waals surface area contributed by atoms with Crippen LogP contribution in [0.15, 0.2) is 28.8 Å². The number of hydrogen-bond donors (Lipinski definition) is 1. The van der Waals surface area contributed by atoms with E-state index >= 15 is 0 Å². The number of nitrogens with zero attached hydrogens (tertiary/aromatic N) is 2. The lowest BCUT2D eigenvalue weighted by molar-refractivity contribution is 0.272. The Labute approximate surface area is 127 Å². The molecule has 0 saturated carbocycles. The molecule has 3 heterocycles. The monoisotopic (exact) mass is 303 g/mol. The molecule has 0 aliphatic carbocycles. The fourth-order valence-corrected chi connectivity index (χ4v) is 4.26. The molecule has 1 aromatic carbocycles. The van der Waals surface area contributed by atoms with Crippen LogP contribution >= 0.6 is 11.8 Å². The van der Waals surface area contributed by atoms with E-state index in [-0.39, 0.29) is 17.9 Å². The van der Waals surface area contributed by atoms with Crippen LogP contribution in [0.2, 0.25) is 0 Å². The van der Waals surface area contributed by atoms with Gasteiger partial charge in [-0.15, -0.1) is 0 Å². The van der Waals surface area contributed by atoms with E-state index in [4.69, 9.17) is 15.0 Å². The summed E-state index contributed by atoms with van der Waals surface area (Å²) in [5.74, 6) is 4.63. The molecule has 3 unspecified atom stereocenters. The van der Waals surface area contributed by atoms with Crippen molar-refractivity contribution >= 4 is 11.8 Å².